The topological polar surface area (TPSA) is 110 Å². The molecule has 1 aromatic carbocycles. The largest absolute Gasteiger partial charge is 0.478 e. The second-order valence-corrected chi connectivity index (χ2v) is 6.86. The summed E-state index contributed by atoms with van der Waals surface area (Å²) in [7, 11) is 0. The van der Waals surface area contributed by atoms with Gasteiger partial charge in [0.15, 0.2) is 0 Å². The summed E-state index contributed by atoms with van der Waals surface area (Å²) in [5, 5.41) is 24.1. The van der Waals surface area contributed by atoms with E-state index in [-0.39, 0.29) is 17.2 Å². The molecular weight excluding hydrogens is 342 g/mol. The highest BCUT2D eigenvalue weighted by atomic mass is 32.2. The minimum Gasteiger partial charge on any atom is -0.478 e. The van der Waals surface area contributed by atoms with Crippen LogP contribution in [0.25, 0.3) is 0 Å². The number of aromatic nitrogens is 4. The molecule has 1 aromatic heterocycles. The number of nitrogens with one attached hydrogen (secondary N) is 1. The van der Waals surface area contributed by atoms with Gasteiger partial charge < -0.3 is 10.4 Å². The molecule has 2 N–H and O–H groups in total. The average molecular weight is 361 g/mol. The lowest BCUT2D eigenvalue weighted by Crippen LogP contribution is -2.17. The molecule has 1 saturated carbocycles. The van der Waals surface area contributed by atoms with Crippen LogP contribution in [0.1, 0.15) is 48.5 Å². The van der Waals surface area contributed by atoms with Crippen molar-refractivity contribution in [1.29, 1.82) is 0 Å². The Labute approximate surface area is 149 Å². The standard InChI is InChI=1S/C16H19N5O3S/c22-14(17-12-8-6-11(7-9-12)15(23)24)10-25-16-18-19-20-21(16)13-4-2-1-3-5-13/h6-9,13H,1-5,10H2,(H,17,22)(H,23,24). The molecule has 2 aromatic rings. The normalized spacial score (nSPS) is 15.0. The van der Waals surface area contributed by atoms with E-state index in [2.05, 4.69) is 20.8 Å². The first-order valence-electron chi connectivity index (χ1n) is 8.17. The number of thioether (sulfide) groups is 1. The number of carboxylic acid groups (broad SMARTS) is 1. The number of tetrazole rings is 1. The molecule has 1 aliphatic carbocycles. The monoisotopic (exact) mass is 361 g/mol. The molecule has 8 nitrogen and oxygen atoms in total. The van der Waals surface area contributed by atoms with Crippen molar-refractivity contribution in [2.45, 2.75) is 43.3 Å². The molecule has 0 bridgehead atoms. The number of carbonyl (C=O) groups excluding carboxylic acids is 1. The van der Waals surface area contributed by atoms with Gasteiger partial charge in [0.05, 0.1) is 17.4 Å². The van der Waals surface area contributed by atoms with Gasteiger partial charge in [-0.1, -0.05) is 31.0 Å². The molecule has 0 aliphatic heterocycles. The molecule has 0 spiro atoms. The summed E-state index contributed by atoms with van der Waals surface area (Å²) in [6.07, 6.45) is 5.76. The molecule has 1 fully saturated rings. The Morgan fingerprint density at radius 2 is 1.92 bits per heavy atom. The number of benzene rings is 1. The van der Waals surface area contributed by atoms with Gasteiger partial charge in [0.2, 0.25) is 11.1 Å². The number of rotatable bonds is 6. The predicted molar refractivity (Wildman–Crippen MR) is 92.7 cm³/mol. The number of hydrogen-bond acceptors (Lipinski definition) is 6. The lowest BCUT2D eigenvalue weighted by atomic mass is 9.96. The molecule has 0 unspecified atom stereocenters. The van der Waals surface area contributed by atoms with Gasteiger partial charge in [-0.05, 0) is 47.5 Å². The number of carbonyl (C=O) groups is 2. The van der Waals surface area contributed by atoms with Crippen LogP contribution in [-0.4, -0.2) is 42.9 Å². The van der Waals surface area contributed by atoms with Crippen molar-refractivity contribution in [1.82, 2.24) is 20.2 Å². The predicted octanol–water partition coefficient (Wildman–Crippen LogP) is 2.61. The SMILES string of the molecule is O=C(CSc1nnnn1C1CCCCC1)Nc1ccc(C(=O)O)cc1. The van der Waals surface area contributed by atoms with Crippen molar-refractivity contribution in [3.05, 3.63) is 29.8 Å². The number of carboxylic acids is 1. The first-order chi connectivity index (χ1) is 12.1. The highest BCUT2D eigenvalue weighted by Gasteiger charge is 2.20. The van der Waals surface area contributed by atoms with Gasteiger partial charge in [-0.2, -0.15) is 0 Å². The van der Waals surface area contributed by atoms with E-state index in [1.54, 1.807) is 12.1 Å². The Bertz CT molecular complexity index is 740. The zero-order valence-corrected chi connectivity index (χ0v) is 14.4. The van der Waals surface area contributed by atoms with Crippen LogP contribution in [0.3, 0.4) is 0 Å². The van der Waals surface area contributed by atoms with Gasteiger partial charge in [0.25, 0.3) is 0 Å². The Kier molecular flexibility index (Phi) is 5.64. The van der Waals surface area contributed by atoms with E-state index >= 15 is 0 Å². The Hall–Kier alpha value is -2.42. The maximum atomic E-state index is 12.1. The summed E-state index contributed by atoms with van der Waals surface area (Å²) < 4.78 is 1.83. The summed E-state index contributed by atoms with van der Waals surface area (Å²) in [6.45, 7) is 0. The van der Waals surface area contributed by atoms with Gasteiger partial charge in [-0.25, -0.2) is 9.48 Å². The van der Waals surface area contributed by atoms with Crippen molar-refractivity contribution in [3.8, 4) is 0 Å². The first kappa shape index (κ1) is 17.4. The van der Waals surface area contributed by atoms with E-state index in [0.29, 0.717) is 16.9 Å². The van der Waals surface area contributed by atoms with Crippen LogP contribution < -0.4 is 5.32 Å². The molecule has 0 radical (unpaired) electrons. The second kappa shape index (κ2) is 8.11. The van der Waals surface area contributed by atoms with Crippen molar-refractivity contribution < 1.29 is 14.7 Å². The van der Waals surface area contributed by atoms with E-state index in [1.807, 2.05) is 4.68 Å². The van der Waals surface area contributed by atoms with Crippen LogP contribution in [0.2, 0.25) is 0 Å². The molecule has 1 heterocycles. The maximum Gasteiger partial charge on any atom is 0.335 e. The lowest BCUT2D eigenvalue weighted by molar-refractivity contribution is -0.113. The Morgan fingerprint density at radius 3 is 2.60 bits per heavy atom. The van der Waals surface area contributed by atoms with Crippen molar-refractivity contribution in [2.24, 2.45) is 0 Å². The van der Waals surface area contributed by atoms with E-state index in [0.717, 1.165) is 12.8 Å². The van der Waals surface area contributed by atoms with Crippen molar-refractivity contribution in [3.63, 3.8) is 0 Å². The second-order valence-electron chi connectivity index (χ2n) is 5.92. The van der Waals surface area contributed by atoms with Gasteiger partial charge in [0.1, 0.15) is 0 Å². The van der Waals surface area contributed by atoms with E-state index in [9.17, 15) is 9.59 Å². The fourth-order valence-corrected chi connectivity index (χ4v) is 3.60. The number of nitrogens with zero attached hydrogens (tertiary/aromatic N) is 4. The minimum atomic E-state index is -0.997. The van der Waals surface area contributed by atoms with Gasteiger partial charge in [-0.15, -0.1) is 5.10 Å². The van der Waals surface area contributed by atoms with E-state index in [4.69, 9.17) is 5.11 Å². The molecule has 25 heavy (non-hydrogen) atoms. The van der Waals surface area contributed by atoms with Gasteiger partial charge >= 0.3 is 5.97 Å². The zero-order chi connectivity index (χ0) is 17.6. The third-order valence-electron chi connectivity index (χ3n) is 4.13. The zero-order valence-electron chi connectivity index (χ0n) is 13.6. The Morgan fingerprint density at radius 1 is 1.20 bits per heavy atom. The average Bonchev–Trinajstić information content (AvgIpc) is 3.10. The smallest absolute Gasteiger partial charge is 0.335 e. The first-order valence-corrected chi connectivity index (χ1v) is 9.16. The van der Waals surface area contributed by atoms with Crippen molar-refractivity contribution in [2.75, 3.05) is 11.1 Å². The van der Waals surface area contributed by atoms with E-state index < -0.39 is 5.97 Å². The summed E-state index contributed by atoms with van der Waals surface area (Å²) in [5.74, 6) is -0.998. The minimum absolute atomic E-state index is 0.180. The summed E-state index contributed by atoms with van der Waals surface area (Å²) in [4.78, 5) is 22.9. The molecule has 1 amide bonds. The van der Waals surface area contributed by atoms with Crippen LogP contribution in [0.5, 0.6) is 0 Å². The fraction of sp³-hybridized carbons (Fsp3) is 0.438. The summed E-state index contributed by atoms with van der Waals surface area (Å²) in [5.41, 5.74) is 0.738. The third-order valence-corrected chi connectivity index (χ3v) is 5.06. The lowest BCUT2D eigenvalue weighted by Gasteiger charge is -2.21. The van der Waals surface area contributed by atoms with Crippen LogP contribution >= 0.6 is 11.8 Å². The molecule has 1 aliphatic rings. The maximum absolute atomic E-state index is 12.1. The molecule has 9 heteroatoms. The highest BCUT2D eigenvalue weighted by Crippen LogP contribution is 2.30. The molecular formula is C16H19N5O3S. The number of hydrogen-bond donors (Lipinski definition) is 2. The number of aromatic carboxylic acids is 1. The van der Waals surface area contributed by atoms with E-state index in [1.165, 1.54) is 43.2 Å². The Balaban J connectivity index is 1.54. The van der Waals surface area contributed by atoms with Gasteiger partial charge in [-0.3, -0.25) is 4.79 Å². The van der Waals surface area contributed by atoms with Crippen LogP contribution in [0.4, 0.5) is 5.69 Å². The number of anilines is 1. The molecule has 0 saturated heterocycles. The quantitative estimate of drug-likeness (QED) is 0.761. The molecule has 0 atom stereocenters. The number of amides is 1. The van der Waals surface area contributed by atoms with Crippen LogP contribution in [0.15, 0.2) is 29.4 Å². The van der Waals surface area contributed by atoms with Crippen LogP contribution in [0, 0.1) is 0 Å². The summed E-state index contributed by atoms with van der Waals surface area (Å²) in [6, 6.07) is 6.36. The summed E-state index contributed by atoms with van der Waals surface area (Å²) >= 11 is 1.30. The molecule has 3 rings (SSSR count). The van der Waals surface area contributed by atoms with Crippen LogP contribution in [-0.2, 0) is 4.79 Å². The van der Waals surface area contributed by atoms with Gasteiger partial charge in [0, 0.05) is 5.69 Å². The highest BCUT2D eigenvalue weighted by molar-refractivity contribution is 7.99. The fourth-order valence-electron chi connectivity index (χ4n) is 2.86. The molecule has 132 valence electrons. The third kappa shape index (κ3) is 4.56. The van der Waals surface area contributed by atoms with Crippen molar-refractivity contribution >= 4 is 29.3 Å².